The fourth-order valence-electron chi connectivity index (χ4n) is 5.06. The largest absolute Gasteiger partial charge is 0.508 e. The van der Waals surface area contributed by atoms with E-state index in [1.807, 2.05) is 0 Å². The van der Waals surface area contributed by atoms with Crippen LogP contribution in [0.1, 0.15) is 17.2 Å². The molecule has 0 spiro atoms. The summed E-state index contributed by atoms with van der Waals surface area (Å²) in [7, 11) is 0. The lowest BCUT2D eigenvalue weighted by Gasteiger charge is -2.46. The molecule has 2 aromatic rings. The third kappa shape index (κ3) is 5.89. The zero-order chi connectivity index (χ0) is 31.2. The molecule has 2 aromatic carbocycles. The maximum atomic E-state index is 11.2. The number of aliphatic hydroxyl groups is 7. The van der Waals surface area contributed by atoms with Gasteiger partial charge in [-0.1, -0.05) is 6.07 Å². The van der Waals surface area contributed by atoms with E-state index in [9.17, 15) is 56.2 Å². The number of aromatic hydroxyl groups is 4. The third-order valence-electron chi connectivity index (χ3n) is 7.41. The molecule has 3 heterocycles. The van der Waals surface area contributed by atoms with Crippen LogP contribution in [0.15, 0.2) is 36.1 Å². The predicted octanol–water partition coefficient (Wildman–Crippen LogP) is -2.38. The van der Waals surface area contributed by atoms with E-state index < -0.39 is 98.0 Å². The highest BCUT2D eigenvalue weighted by Gasteiger charge is 2.51. The van der Waals surface area contributed by atoms with E-state index in [0.29, 0.717) is 0 Å². The smallest absolute Gasteiger partial charge is 0.228 e. The molecule has 2 fully saturated rings. The quantitative estimate of drug-likeness (QED) is 0.146. The van der Waals surface area contributed by atoms with Gasteiger partial charge in [0.05, 0.1) is 18.8 Å². The number of hydrogen-bond donors (Lipinski definition) is 11. The maximum Gasteiger partial charge on any atom is 0.228 e. The minimum atomic E-state index is -1.88. The zero-order valence-corrected chi connectivity index (χ0v) is 22.2. The van der Waals surface area contributed by atoms with Crippen molar-refractivity contribution in [1.82, 2.24) is 0 Å². The molecule has 0 radical (unpaired) electrons. The van der Waals surface area contributed by atoms with Crippen molar-refractivity contribution in [3.8, 4) is 28.7 Å². The van der Waals surface area contributed by atoms with Crippen molar-refractivity contribution in [2.75, 3.05) is 13.2 Å². The number of phenols is 4. The van der Waals surface area contributed by atoms with Gasteiger partial charge in [0, 0.05) is 17.7 Å². The molecule has 3 aliphatic heterocycles. The van der Waals surface area contributed by atoms with Crippen LogP contribution >= 0.6 is 0 Å². The fourth-order valence-corrected chi connectivity index (χ4v) is 5.06. The summed E-state index contributed by atoms with van der Waals surface area (Å²) in [4.78, 5) is 0. The second-order valence-corrected chi connectivity index (χ2v) is 10.3. The van der Waals surface area contributed by atoms with Crippen LogP contribution in [-0.4, -0.2) is 131 Å². The molecule has 0 aliphatic carbocycles. The topological polar surface area (TPSA) is 269 Å². The molecule has 0 amide bonds. The monoisotopic (exact) mass is 612 g/mol. The molecule has 0 bridgehead atoms. The predicted molar refractivity (Wildman–Crippen MR) is 138 cm³/mol. The van der Waals surface area contributed by atoms with Crippen LogP contribution in [0.3, 0.4) is 0 Å². The van der Waals surface area contributed by atoms with Crippen molar-refractivity contribution < 1.29 is 79.9 Å². The molecule has 43 heavy (non-hydrogen) atoms. The highest BCUT2D eigenvalue weighted by Crippen LogP contribution is 2.45. The van der Waals surface area contributed by atoms with Crippen LogP contribution in [0.4, 0.5) is 0 Å². The van der Waals surface area contributed by atoms with Crippen LogP contribution in [0.2, 0.25) is 0 Å². The number of hydrogen-bond acceptors (Lipinski definition) is 16. The number of aliphatic hydroxyl groups excluding tert-OH is 7. The van der Waals surface area contributed by atoms with Crippen LogP contribution < -0.4 is 4.74 Å². The number of fused-ring (bicyclic) bond motifs is 1. The van der Waals surface area contributed by atoms with E-state index in [2.05, 4.69) is 0 Å². The first-order valence-corrected chi connectivity index (χ1v) is 13.1. The van der Waals surface area contributed by atoms with Crippen molar-refractivity contribution in [3.05, 3.63) is 47.2 Å². The molecule has 1 unspecified atom stereocenters. The van der Waals surface area contributed by atoms with E-state index in [1.165, 1.54) is 24.3 Å². The average molecular weight is 613 g/mol. The first kappa shape index (κ1) is 31.0. The summed E-state index contributed by atoms with van der Waals surface area (Å²) in [6, 6.07) is 5.97. The Morgan fingerprint density at radius 2 is 1.35 bits per heavy atom. The van der Waals surface area contributed by atoms with E-state index in [-0.39, 0.29) is 28.4 Å². The van der Waals surface area contributed by atoms with Gasteiger partial charge in [0.1, 0.15) is 71.8 Å². The molecule has 16 heteroatoms. The molecular formula is C27H32O16. The van der Waals surface area contributed by atoms with Crippen LogP contribution in [-0.2, 0) is 18.9 Å². The van der Waals surface area contributed by atoms with Gasteiger partial charge in [-0.3, -0.25) is 0 Å². The molecule has 11 N–H and O–H groups in total. The Balaban J connectivity index is 1.46. The minimum absolute atomic E-state index is 0.0139. The van der Waals surface area contributed by atoms with E-state index >= 15 is 0 Å². The van der Waals surface area contributed by atoms with E-state index in [4.69, 9.17) is 23.7 Å². The summed E-state index contributed by atoms with van der Waals surface area (Å²) in [5.74, 6) is -1.78. The lowest BCUT2D eigenvalue weighted by Crippen LogP contribution is -2.64. The number of rotatable bonds is 7. The number of phenolic OH excluding ortho intramolecular Hbond substituents is 4. The van der Waals surface area contributed by atoms with Gasteiger partial charge in [0.2, 0.25) is 6.29 Å². The molecule has 0 saturated carbocycles. The maximum absolute atomic E-state index is 11.2. The van der Waals surface area contributed by atoms with Gasteiger partial charge >= 0.3 is 0 Å². The Hall–Kier alpha value is -3.42. The lowest BCUT2D eigenvalue weighted by molar-refractivity contribution is -0.357. The molecule has 236 valence electrons. The molecule has 5 rings (SSSR count). The second-order valence-electron chi connectivity index (χ2n) is 10.3. The number of ether oxygens (including phenoxy) is 5. The minimum Gasteiger partial charge on any atom is -0.508 e. The van der Waals surface area contributed by atoms with E-state index in [0.717, 1.165) is 12.1 Å². The Kier molecular flexibility index (Phi) is 8.87. The van der Waals surface area contributed by atoms with Crippen molar-refractivity contribution >= 4 is 6.08 Å². The van der Waals surface area contributed by atoms with Gasteiger partial charge in [0.15, 0.2) is 23.9 Å². The molecule has 0 aromatic heterocycles. The van der Waals surface area contributed by atoms with Crippen molar-refractivity contribution in [2.24, 2.45) is 0 Å². The first-order chi connectivity index (χ1) is 20.4. The van der Waals surface area contributed by atoms with Crippen LogP contribution in [0, 0.1) is 0 Å². The SMILES string of the molecule is OC[C@H]1O[C@@H](O[C@@H]2[C@@H](O)[C@H](OC3=Cc4c(O)cc(O)cc4OC3c3ccc(O)c(O)c3)O[C@H](CO)[C@H]2O)[C@H](O)[C@@H](O)[C@@H]1O. The standard InChI is InChI=1S/C27H32O16/c28-7-17-19(34)21(36)22(37)26(41-17)43-25-20(35)18(8-29)42-27(23(25)38)40-16-6-11-13(32)4-10(30)5-15(11)39-24(16)9-1-2-12(31)14(33)3-9/h1-6,17-38H,7-8H2/t17-,18-,19-,20-,21+,22-,23-,24?,25+,26+,27-/m1/s1. The number of benzene rings is 2. The summed E-state index contributed by atoms with van der Waals surface area (Å²) in [5.41, 5.74) is 0.276. The summed E-state index contributed by atoms with van der Waals surface area (Å²) in [6.45, 7) is -1.56. The fraction of sp³-hybridized carbons (Fsp3) is 0.481. The van der Waals surface area contributed by atoms with Gasteiger partial charge in [0.25, 0.3) is 0 Å². The van der Waals surface area contributed by atoms with E-state index in [1.54, 1.807) is 0 Å². The summed E-state index contributed by atoms with van der Waals surface area (Å²) in [6.07, 6.45) is -16.9. The second kappa shape index (κ2) is 12.3. The Morgan fingerprint density at radius 3 is 2.02 bits per heavy atom. The summed E-state index contributed by atoms with van der Waals surface area (Å²) in [5, 5.41) is 112. The summed E-state index contributed by atoms with van der Waals surface area (Å²) >= 11 is 0. The van der Waals surface area contributed by atoms with Crippen molar-refractivity contribution in [2.45, 2.75) is 67.5 Å². The molecule has 3 aliphatic rings. The van der Waals surface area contributed by atoms with Crippen LogP contribution in [0.5, 0.6) is 28.7 Å². The van der Waals surface area contributed by atoms with Gasteiger partial charge in [-0.25, -0.2) is 0 Å². The third-order valence-corrected chi connectivity index (χ3v) is 7.41. The lowest BCUT2D eigenvalue weighted by atomic mass is 9.96. The Bertz CT molecular complexity index is 1330. The Labute approximate surface area is 243 Å². The zero-order valence-electron chi connectivity index (χ0n) is 22.2. The highest BCUT2D eigenvalue weighted by molar-refractivity contribution is 5.69. The average Bonchev–Trinajstić information content (AvgIpc) is 2.97. The van der Waals surface area contributed by atoms with Crippen molar-refractivity contribution in [1.29, 1.82) is 0 Å². The highest BCUT2D eigenvalue weighted by atomic mass is 16.7. The molecule has 11 atom stereocenters. The van der Waals surface area contributed by atoms with Gasteiger partial charge in [-0.2, -0.15) is 0 Å². The van der Waals surface area contributed by atoms with Crippen molar-refractivity contribution in [3.63, 3.8) is 0 Å². The Morgan fingerprint density at radius 1 is 0.674 bits per heavy atom. The summed E-state index contributed by atoms with van der Waals surface area (Å²) < 4.78 is 28.4. The first-order valence-electron chi connectivity index (χ1n) is 13.1. The molecule has 2 saturated heterocycles. The van der Waals surface area contributed by atoms with Gasteiger partial charge in [-0.05, 0) is 18.2 Å². The van der Waals surface area contributed by atoms with Crippen LogP contribution in [0.25, 0.3) is 6.08 Å². The normalized spacial score (nSPS) is 35.9. The van der Waals surface area contributed by atoms with Gasteiger partial charge in [-0.15, -0.1) is 0 Å². The molecular weight excluding hydrogens is 580 g/mol. The molecule has 16 nitrogen and oxygen atoms in total. The van der Waals surface area contributed by atoms with Gasteiger partial charge < -0.3 is 79.9 Å².